The minimum atomic E-state index is -0.452. The van der Waals surface area contributed by atoms with Crippen LogP contribution in [-0.4, -0.2) is 16.1 Å². The molecule has 0 aliphatic rings. The summed E-state index contributed by atoms with van der Waals surface area (Å²) >= 11 is 1.46. The van der Waals surface area contributed by atoms with E-state index in [4.69, 9.17) is 0 Å². The van der Waals surface area contributed by atoms with Gasteiger partial charge in [-0.15, -0.1) is 0 Å². The average Bonchev–Trinajstić information content (AvgIpc) is 2.74. The second kappa shape index (κ2) is 4.24. The van der Waals surface area contributed by atoms with Gasteiger partial charge in [-0.1, -0.05) is 0 Å². The molecule has 0 unspecified atom stereocenters. The highest BCUT2D eigenvalue weighted by Crippen LogP contribution is 2.23. The van der Waals surface area contributed by atoms with Crippen LogP contribution in [-0.2, 0) is 0 Å². The molecule has 0 aliphatic heterocycles. The van der Waals surface area contributed by atoms with Gasteiger partial charge in [-0.2, -0.15) is 11.3 Å². The molecule has 16 heavy (non-hydrogen) atoms. The first-order valence-corrected chi connectivity index (χ1v) is 5.46. The molecule has 3 N–H and O–H groups in total. The number of amides is 1. The van der Waals surface area contributed by atoms with Crippen LogP contribution in [0.25, 0.3) is 0 Å². The molecule has 1 heterocycles. The topological polar surface area (TPSA) is 69.6 Å². The smallest absolute Gasteiger partial charge is 0.259 e. The number of rotatable bonds is 2. The largest absolute Gasteiger partial charge is 0.508 e. The average molecular weight is 235 g/mol. The summed E-state index contributed by atoms with van der Waals surface area (Å²) in [6.07, 6.45) is 0. The number of anilines is 1. The Kier molecular flexibility index (Phi) is 2.78. The van der Waals surface area contributed by atoms with Crippen molar-refractivity contribution in [3.05, 3.63) is 40.6 Å². The molecule has 5 heteroatoms. The number of nitrogens with one attached hydrogen (secondary N) is 1. The maximum atomic E-state index is 11.7. The highest BCUT2D eigenvalue weighted by molar-refractivity contribution is 7.08. The van der Waals surface area contributed by atoms with Crippen LogP contribution in [0.5, 0.6) is 11.5 Å². The van der Waals surface area contributed by atoms with Gasteiger partial charge in [0.2, 0.25) is 0 Å². The van der Waals surface area contributed by atoms with E-state index in [0.717, 1.165) is 0 Å². The molecule has 0 bridgehead atoms. The summed E-state index contributed by atoms with van der Waals surface area (Å²) in [6, 6.07) is 5.56. The Morgan fingerprint density at radius 1 is 1.25 bits per heavy atom. The summed E-state index contributed by atoms with van der Waals surface area (Å²) in [5, 5.41) is 24.9. The van der Waals surface area contributed by atoms with Gasteiger partial charge >= 0.3 is 0 Å². The normalized spacial score (nSPS) is 10.0. The van der Waals surface area contributed by atoms with Crippen LogP contribution >= 0.6 is 11.3 Å². The third kappa shape index (κ3) is 2.14. The van der Waals surface area contributed by atoms with Gasteiger partial charge < -0.3 is 15.5 Å². The molecule has 0 aliphatic carbocycles. The van der Waals surface area contributed by atoms with E-state index >= 15 is 0 Å². The van der Waals surface area contributed by atoms with Gasteiger partial charge in [0.1, 0.15) is 11.5 Å². The van der Waals surface area contributed by atoms with E-state index in [1.165, 1.54) is 29.5 Å². The fraction of sp³-hybridized carbons (Fsp3) is 0. The second-order valence-corrected chi connectivity index (χ2v) is 3.95. The first kappa shape index (κ1) is 10.5. The van der Waals surface area contributed by atoms with Gasteiger partial charge in [0.15, 0.2) is 0 Å². The zero-order valence-corrected chi connectivity index (χ0v) is 8.99. The minimum Gasteiger partial charge on any atom is -0.508 e. The van der Waals surface area contributed by atoms with Crippen molar-refractivity contribution in [3.63, 3.8) is 0 Å². The van der Waals surface area contributed by atoms with E-state index < -0.39 is 5.91 Å². The fourth-order valence-electron chi connectivity index (χ4n) is 1.24. The third-order valence-corrected chi connectivity index (χ3v) is 2.69. The number of aromatic hydroxyl groups is 2. The number of carbonyl (C=O) groups excluding carboxylic acids is 1. The van der Waals surface area contributed by atoms with E-state index in [0.29, 0.717) is 5.69 Å². The van der Waals surface area contributed by atoms with Crippen molar-refractivity contribution in [2.24, 2.45) is 0 Å². The number of hydrogen-bond donors (Lipinski definition) is 3. The molecule has 0 saturated heterocycles. The van der Waals surface area contributed by atoms with Crippen LogP contribution in [0.3, 0.4) is 0 Å². The lowest BCUT2D eigenvalue weighted by atomic mass is 10.1. The number of hydrogen-bond acceptors (Lipinski definition) is 4. The lowest BCUT2D eigenvalue weighted by molar-refractivity contribution is 0.102. The molecule has 0 fully saturated rings. The highest BCUT2D eigenvalue weighted by atomic mass is 32.1. The maximum Gasteiger partial charge on any atom is 0.259 e. The number of carbonyl (C=O) groups is 1. The second-order valence-electron chi connectivity index (χ2n) is 3.17. The Morgan fingerprint density at radius 3 is 2.75 bits per heavy atom. The van der Waals surface area contributed by atoms with Gasteiger partial charge in [0, 0.05) is 5.38 Å². The Hall–Kier alpha value is -2.01. The van der Waals surface area contributed by atoms with Crippen LogP contribution in [0.4, 0.5) is 5.69 Å². The van der Waals surface area contributed by atoms with Crippen LogP contribution in [0, 0.1) is 0 Å². The Balaban J connectivity index is 2.24. The predicted molar refractivity (Wildman–Crippen MR) is 62.0 cm³/mol. The van der Waals surface area contributed by atoms with Gasteiger partial charge in [0.25, 0.3) is 5.91 Å². The molecular weight excluding hydrogens is 226 g/mol. The van der Waals surface area contributed by atoms with Gasteiger partial charge in [-0.3, -0.25) is 4.79 Å². The van der Waals surface area contributed by atoms with Crippen LogP contribution in [0.15, 0.2) is 35.0 Å². The van der Waals surface area contributed by atoms with E-state index in [-0.39, 0.29) is 17.1 Å². The summed E-state index contributed by atoms with van der Waals surface area (Å²) in [6.45, 7) is 0. The third-order valence-electron chi connectivity index (χ3n) is 2.00. The van der Waals surface area contributed by atoms with Crippen LogP contribution in [0.2, 0.25) is 0 Å². The Bertz CT molecular complexity index is 508. The fourth-order valence-corrected chi connectivity index (χ4v) is 1.83. The standard InChI is InChI=1S/C11H9NO3S/c13-8-1-2-10(14)9(5-8)11(15)12-7-3-4-16-6-7/h1-6,13-14H,(H,12,15). The maximum absolute atomic E-state index is 11.7. The van der Waals surface area contributed by atoms with Crippen molar-refractivity contribution >= 4 is 22.9 Å². The predicted octanol–water partition coefficient (Wildman–Crippen LogP) is 2.41. The van der Waals surface area contributed by atoms with Crippen molar-refractivity contribution in [3.8, 4) is 11.5 Å². The van der Waals surface area contributed by atoms with Crippen molar-refractivity contribution in [1.82, 2.24) is 0 Å². The molecule has 0 spiro atoms. The summed E-state index contributed by atoms with van der Waals surface area (Å²) in [5.74, 6) is -0.675. The van der Waals surface area contributed by atoms with E-state index in [9.17, 15) is 15.0 Å². The van der Waals surface area contributed by atoms with Gasteiger partial charge in [0.05, 0.1) is 11.3 Å². The number of phenols is 2. The van der Waals surface area contributed by atoms with Crippen LogP contribution in [0.1, 0.15) is 10.4 Å². The van der Waals surface area contributed by atoms with Crippen molar-refractivity contribution < 1.29 is 15.0 Å². The van der Waals surface area contributed by atoms with Crippen molar-refractivity contribution in [2.75, 3.05) is 5.32 Å². The zero-order valence-electron chi connectivity index (χ0n) is 8.18. The number of benzene rings is 1. The molecule has 2 aromatic rings. The van der Waals surface area contributed by atoms with Crippen molar-refractivity contribution in [1.29, 1.82) is 0 Å². The van der Waals surface area contributed by atoms with Crippen LogP contribution < -0.4 is 5.32 Å². The highest BCUT2D eigenvalue weighted by Gasteiger charge is 2.12. The SMILES string of the molecule is O=C(Nc1ccsc1)c1cc(O)ccc1O. The zero-order chi connectivity index (χ0) is 11.5. The Morgan fingerprint density at radius 2 is 2.06 bits per heavy atom. The molecule has 1 amide bonds. The first-order chi connectivity index (χ1) is 7.66. The summed E-state index contributed by atoms with van der Waals surface area (Å²) in [7, 11) is 0. The molecule has 0 radical (unpaired) electrons. The summed E-state index contributed by atoms with van der Waals surface area (Å²) in [5.41, 5.74) is 0.712. The molecule has 1 aromatic heterocycles. The van der Waals surface area contributed by atoms with Gasteiger partial charge in [-0.05, 0) is 29.6 Å². The van der Waals surface area contributed by atoms with Crippen molar-refractivity contribution in [2.45, 2.75) is 0 Å². The number of thiophene rings is 1. The van der Waals surface area contributed by atoms with Gasteiger partial charge in [-0.25, -0.2) is 0 Å². The molecule has 1 aromatic carbocycles. The number of phenolic OH excluding ortho intramolecular Hbond substituents is 2. The quantitative estimate of drug-likeness (QED) is 0.700. The first-order valence-electron chi connectivity index (χ1n) is 4.52. The van der Waals surface area contributed by atoms with E-state index in [1.807, 2.05) is 5.38 Å². The molecule has 0 atom stereocenters. The summed E-state index contributed by atoms with van der Waals surface area (Å²) in [4.78, 5) is 11.7. The van der Waals surface area contributed by atoms with E-state index in [1.54, 1.807) is 11.4 Å². The lowest BCUT2D eigenvalue weighted by Gasteiger charge is -2.05. The molecule has 4 nitrogen and oxygen atoms in total. The minimum absolute atomic E-state index is 0.0474. The molecular formula is C11H9NO3S. The molecule has 0 saturated carbocycles. The Labute approximate surface area is 95.8 Å². The monoisotopic (exact) mass is 235 g/mol. The lowest BCUT2D eigenvalue weighted by Crippen LogP contribution is -2.11. The van der Waals surface area contributed by atoms with E-state index in [2.05, 4.69) is 5.32 Å². The molecule has 2 rings (SSSR count). The summed E-state index contributed by atoms with van der Waals surface area (Å²) < 4.78 is 0. The molecule has 82 valence electrons.